The van der Waals surface area contributed by atoms with Crippen molar-refractivity contribution in [1.82, 2.24) is 4.90 Å². The van der Waals surface area contributed by atoms with E-state index >= 15 is 0 Å². The first-order valence-corrected chi connectivity index (χ1v) is 6.62. The van der Waals surface area contributed by atoms with Gasteiger partial charge in [-0.2, -0.15) is 0 Å². The van der Waals surface area contributed by atoms with Crippen molar-refractivity contribution in [3.05, 3.63) is 34.9 Å². The molecule has 0 bridgehead atoms. The number of carbonyl (C=O) groups excluding carboxylic acids is 1. The van der Waals surface area contributed by atoms with Gasteiger partial charge in [-0.25, -0.2) is 0 Å². The van der Waals surface area contributed by atoms with Crippen LogP contribution in [0.25, 0.3) is 0 Å². The van der Waals surface area contributed by atoms with E-state index in [1.807, 2.05) is 0 Å². The molecule has 90 valence electrons. The van der Waals surface area contributed by atoms with E-state index in [4.69, 9.17) is 0 Å². The number of hydrogen-bond acceptors (Lipinski definition) is 1. The number of hydrogen-bond donors (Lipinski definition) is 0. The maximum atomic E-state index is 12.2. The normalized spacial score (nSPS) is 20.8. The highest BCUT2D eigenvalue weighted by Crippen LogP contribution is 2.30. The summed E-state index contributed by atoms with van der Waals surface area (Å²) in [6.07, 6.45) is 5.59. The molecule has 0 unspecified atom stereocenters. The molecule has 0 N–H and O–H groups in total. The average Bonchev–Trinajstić information content (AvgIpc) is 2.83. The first kappa shape index (κ1) is 10.8. The van der Waals surface area contributed by atoms with Gasteiger partial charge < -0.3 is 4.90 Å². The fourth-order valence-electron chi connectivity index (χ4n) is 3.24. The molecule has 1 aromatic rings. The fraction of sp³-hybridized carbons (Fsp3) is 0.533. The van der Waals surface area contributed by atoms with Gasteiger partial charge >= 0.3 is 0 Å². The van der Waals surface area contributed by atoms with Crippen LogP contribution in [0, 0.1) is 6.92 Å². The van der Waals surface area contributed by atoms with Crippen LogP contribution in [0.2, 0.25) is 0 Å². The Morgan fingerprint density at radius 1 is 1.24 bits per heavy atom. The number of amides is 1. The second-order valence-corrected chi connectivity index (χ2v) is 5.35. The van der Waals surface area contributed by atoms with Gasteiger partial charge in [-0.3, -0.25) is 4.79 Å². The van der Waals surface area contributed by atoms with Crippen molar-refractivity contribution in [3.63, 3.8) is 0 Å². The molecule has 1 fully saturated rings. The third-order valence-electron chi connectivity index (χ3n) is 4.26. The molecule has 2 heteroatoms. The minimum atomic E-state index is 0.332. The molecule has 0 atom stereocenters. The summed E-state index contributed by atoms with van der Waals surface area (Å²) in [5.74, 6) is 0.332. The van der Waals surface area contributed by atoms with Crippen LogP contribution in [-0.4, -0.2) is 16.8 Å². The van der Waals surface area contributed by atoms with Crippen molar-refractivity contribution < 1.29 is 4.79 Å². The van der Waals surface area contributed by atoms with Crippen molar-refractivity contribution in [2.24, 2.45) is 0 Å². The van der Waals surface area contributed by atoms with E-state index < -0.39 is 0 Å². The van der Waals surface area contributed by atoms with E-state index in [0.717, 1.165) is 6.54 Å². The highest BCUT2D eigenvalue weighted by molar-refractivity contribution is 5.81. The molecule has 2 nitrogen and oxygen atoms in total. The molecule has 2 aliphatic rings. The summed E-state index contributed by atoms with van der Waals surface area (Å²) < 4.78 is 0. The Hall–Kier alpha value is -1.31. The molecule has 1 aliphatic carbocycles. The van der Waals surface area contributed by atoms with E-state index in [-0.39, 0.29) is 0 Å². The number of fused-ring (bicyclic) bond motifs is 1. The van der Waals surface area contributed by atoms with Gasteiger partial charge in [-0.1, -0.05) is 31.0 Å². The predicted molar refractivity (Wildman–Crippen MR) is 67.7 cm³/mol. The van der Waals surface area contributed by atoms with E-state index in [9.17, 15) is 4.79 Å². The number of rotatable bonds is 1. The Kier molecular flexibility index (Phi) is 2.65. The van der Waals surface area contributed by atoms with Gasteiger partial charge in [0.2, 0.25) is 5.91 Å². The zero-order chi connectivity index (χ0) is 11.8. The Morgan fingerprint density at radius 2 is 2.00 bits per heavy atom. The highest BCUT2D eigenvalue weighted by Gasteiger charge is 2.30. The van der Waals surface area contributed by atoms with Crippen molar-refractivity contribution >= 4 is 5.91 Å². The molecule has 17 heavy (non-hydrogen) atoms. The molecule has 1 amide bonds. The van der Waals surface area contributed by atoms with E-state index in [2.05, 4.69) is 30.0 Å². The van der Waals surface area contributed by atoms with Crippen LogP contribution in [-0.2, 0) is 17.8 Å². The quantitative estimate of drug-likeness (QED) is 0.725. The summed E-state index contributed by atoms with van der Waals surface area (Å²) in [5.41, 5.74) is 3.89. The van der Waals surface area contributed by atoms with Gasteiger partial charge in [0.1, 0.15) is 0 Å². The summed E-state index contributed by atoms with van der Waals surface area (Å²) in [6.45, 7) is 2.94. The maximum Gasteiger partial charge on any atom is 0.227 e. The van der Waals surface area contributed by atoms with Crippen molar-refractivity contribution in [1.29, 1.82) is 0 Å². The van der Waals surface area contributed by atoms with Crippen LogP contribution in [0.15, 0.2) is 18.2 Å². The third-order valence-corrected chi connectivity index (χ3v) is 4.26. The van der Waals surface area contributed by atoms with Crippen LogP contribution in [0.5, 0.6) is 0 Å². The van der Waals surface area contributed by atoms with E-state index in [1.54, 1.807) is 0 Å². The summed E-state index contributed by atoms with van der Waals surface area (Å²) in [6, 6.07) is 6.90. The van der Waals surface area contributed by atoms with Gasteiger partial charge in [0.05, 0.1) is 6.42 Å². The lowest BCUT2D eigenvalue weighted by atomic mass is 9.93. The predicted octanol–water partition coefficient (Wildman–Crippen LogP) is 2.82. The molecular weight excluding hydrogens is 210 g/mol. The molecule has 1 heterocycles. The standard InChI is InChI=1S/C15H19NO/c1-11-5-4-6-12-10-16(13-7-2-3-8-13)15(17)9-14(11)12/h4-6,13H,2-3,7-10H2,1H3. The highest BCUT2D eigenvalue weighted by atomic mass is 16.2. The molecule has 0 aromatic heterocycles. The van der Waals surface area contributed by atoms with E-state index in [1.165, 1.54) is 42.4 Å². The minimum Gasteiger partial charge on any atom is -0.335 e. The van der Waals surface area contributed by atoms with Crippen LogP contribution >= 0.6 is 0 Å². The minimum absolute atomic E-state index is 0.332. The zero-order valence-corrected chi connectivity index (χ0v) is 10.4. The Balaban J connectivity index is 1.89. The number of nitrogens with zero attached hydrogens (tertiary/aromatic N) is 1. The summed E-state index contributed by atoms with van der Waals surface area (Å²) in [4.78, 5) is 14.3. The third kappa shape index (κ3) is 1.86. The van der Waals surface area contributed by atoms with Gasteiger partial charge in [0, 0.05) is 12.6 Å². The number of carbonyl (C=O) groups is 1. The zero-order valence-electron chi connectivity index (χ0n) is 10.4. The summed E-state index contributed by atoms with van der Waals surface area (Å²) >= 11 is 0. The lowest BCUT2D eigenvalue weighted by Gasteiger charge is -2.34. The lowest BCUT2D eigenvalue weighted by molar-refractivity contribution is -0.134. The van der Waals surface area contributed by atoms with Crippen molar-refractivity contribution in [2.75, 3.05) is 0 Å². The average molecular weight is 229 g/mol. The smallest absolute Gasteiger partial charge is 0.227 e. The molecule has 1 aromatic carbocycles. The molecule has 1 saturated carbocycles. The number of benzene rings is 1. The molecular formula is C15H19NO. The van der Waals surface area contributed by atoms with Crippen LogP contribution in [0.3, 0.4) is 0 Å². The van der Waals surface area contributed by atoms with Gasteiger partial charge in [0.15, 0.2) is 0 Å². The molecule has 1 aliphatic heterocycles. The molecule has 0 saturated heterocycles. The van der Waals surface area contributed by atoms with Crippen LogP contribution < -0.4 is 0 Å². The Labute approximate surface area is 103 Å². The number of aryl methyl sites for hydroxylation is 1. The van der Waals surface area contributed by atoms with Crippen LogP contribution in [0.4, 0.5) is 0 Å². The molecule has 0 radical (unpaired) electrons. The maximum absolute atomic E-state index is 12.2. The SMILES string of the molecule is Cc1cccc2c1CC(=O)N(C1CCCC1)C2. The van der Waals surface area contributed by atoms with Crippen LogP contribution in [0.1, 0.15) is 42.4 Å². The van der Waals surface area contributed by atoms with Crippen molar-refractivity contribution in [3.8, 4) is 0 Å². The second kappa shape index (κ2) is 4.17. The van der Waals surface area contributed by atoms with Gasteiger partial charge in [0.25, 0.3) is 0 Å². The summed E-state index contributed by atoms with van der Waals surface area (Å²) in [7, 11) is 0. The Morgan fingerprint density at radius 3 is 2.76 bits per heavy atom. The topological polar surface area (TPSA) is 20.3 Å². The second-order valence-electron chi connectivity index (χ2n) is 5.35. The molecule has 0 spiro atoms. The fourth-order valence-corrected chi connectivity index (χ4v) is 3.24. The first-order chi connectivity index (χ1) is 8.25. The lowest BCUT2D eigenvalue weighted by Crippen LogP contribution is -2.42. The summed E-state index contributed by atoms with van der Waals surface area (Å²) in [5, 5.41) is 0. The van der Waals surface area contributed by atoms with E-state index in [0.29, 0.717) is 18.4 Å². The van der Waals surface area contributed by atoms with Gasteiger partial charge in [-0.15, -0.1) is 0 Å². The largest absolute Gasteiger partial charge is 0.335 e. The monoisotopic (exact) mass is 229 g/mol. The molecule has 3 rings (SSSR count). The Bertz CT molecular complexity index is 446. The van der Waals surface area contributed by atoms with Gasteiger partial charge in [-0.05, 0) is 36.5 Å². The first-order valence-electron chi connectivity index (χ1n) is 6.62. The van der Waals surface area contributed by atoms with Crippen molar-refractivity contribution in [2.45, 2.75) is 51.6 Å².